The molecule has 17 heavy (non-hydrogen) atoms. The van der Waals surface area contributed by atoms with Crippen molar-refractivity contribution < 1.29 is 8.78 Å². The molecule has 0 radical (unpaired) electrons. The molecule has 0 heterocycles. The Kier molecular flexibility index (Phi) is 3.42. The van der Waals surface area contributed by atoms with Crippen molar-refractivity contribution in [3.05, 3.63) is 11.4 Å². The van der Waals surface area contributed by atoms with Crippen LogP contribution < -0.4 is 10.6 Å². The third-order valence-electron chi connectivity index (χ3n) is 3.54. The molecule has 1 saturated carbocycles. The van der Waals surface area contributed by atoms with Crippen LogP contribution >= 0.6 is 0 Å². The smallest absolute Gasteiger partial charge is 0.252 e. The number of halogens is 2. The van der Waals surface area contributed by atoms with E-state index in [1.54, 1.807) is 0 Å². The summed E-state index contributed by atoms with van der Waals surface area (Å²) in [6.45, 7) is 0. The summed E-state index contributed by atoms with van der Waals surface area (Å²) in [5.41, 5.74) is 8.72. The molecule has 2 aliphatic rings. The molecule has 0 aromatic heterocycles. The summed E-state index contributed by atoms with van der Waals surface area (Å²) in [4.78, 5) is 0. The Morgan fingerprint density at radius 3 is 2.59 bits per heavy atom. The van der Waals surface area contributed by atoms with Crippen LogP contribution in [0.15, 0.2) is 16.5 Å². The number of alkyl halides is 2. The van der Waals surface area contributed by atoms with Gasteiger partial charge in [0.2, 0.25) is 0 Å². The Morgan fingerprint density at radius 1 is 1.35 bits per heavy atom. The second-order valence-electron chi connectivity index (χ2n) is 4.87. The molecular weight excluding hydrogens is 226 g/mol. The maximum atomic E-state index is 12.7. The van der Waals surface area contributed by atoms with Gasteiger partial charge in [0.05, 0.1) is 5.70 Å². The lowest BCUT2D eigenvalue weighted by molar-refractivity contribution is -0.0908. The summed E-state index contributed by atoms with van der Waals surface area (Å²) in [5.74, 6) is -2.50. The molecule has 96 valence electrons. The van der Waals surface area contributed by atoms with Crippen LogP contribution in [-0.4, -0.2) is 25.1 Å². The van der Waals surface area contributed by atoms with Crippen molar-refractivity contribution in [2.24, 2.45) is 5.11 Å². The van der Waals surface area contributed by atoms with Gasteiger partial charge in [-0.15, -0.1) is 0 Å². The summed E-state index contributed by atoms with van der Waals surface area (Å²) in [6.07, 6.45) is 2.24. The van der Waals surface area contributed by atoms with E-state index in [1.807, 2.05) is 7.05 Å². The predicted octanol–water partition coefficient (Wildman–Crippen LogP) is 2.39. The van der Waals surface area contributed by atoms with Gasteiger partial charge in [-0.1, -0.05) is 0 Å². The largest absolute Gasteiger partial charge is 0.384 e. The van der Waals surface area contributed by atoms with E-state index in [0.717, 1.165) is 18.5 Å². The molecule has 0 spiro atoms. The van der Waals surface area contributed by atoms with Crippen LogP contribution in [0.25, 0.3) is 0 Å². The first-order chi connectivity index (χ1) is 8.04. The quantitative estimate of drug-likeness (QED) is 0.665. The van der Waals surface area contributed by atoms with Gasteiger partial charge in [0.25, 0.3) is 5.92 Å². The fourth-order valence-electron chi connectivity index (χ4n) is 2.45. The van der Waals surface area contributed by atoms with Gasteiger partial charge in [-0.2, -0.15) is 5.11 Å². The highest BCUT2D eigenvalue weighted by Crippen LogP contribution is 2.38. The van der Waals surface area contributed by atoms with E-state index < -0.39 is 5.92 Å². The topological polar surface area (TPSA) is 60.3 Å². The maximum absolute atomic E-state index is 12.7. The fraction of sp³-hybridized carbons (Fsp3) is 0.818. The van der Waals surface area contributed by atoms with Crippen molar-refractivity contribution in [1.82, 2.24) is 10.6 Å². The molecule has 1 fully saturated rings. The minimum Gasteiger partial charge on any atom is -0.384 e. The highest BCUT2D eigenvalue weighted by molar-refractivity contribution is 5.17. The highest BCUT2D eigenvalue weighted by Gasteiger charge is 2.45. The predicted molar refractivity (Wildman–Crippen MR) is 60.0 cm³/mol. The van der Waals surface area contributed by atoms with Crippen LogP contribution in [0.1, 0.15) is 32.1 Å². The van der Waals surface area contributed by atoms with Crippen molar-refractivity contribution in [3.63, 3.8) is 0 Å². The summed E-state index contributed by atoms with van der Waals surface area (Å²) in [5, 5.41) is 9.79. The maximum Gasteiger partial charge on any atom is 0.252 e. The van der Waals surface area contributed by atoms with Crippen molar-refractivity contribution >= 4 is 0 Å². The third-order valence-corrected chi connectivity index (χ3v) is 3.54. The van der Waals surface area contributed by atoms with Crippen LogP contribution in [0.5, 0.6) is 0 Å². The molecule has 0 aromatic carbocycles. The molecule has 2 rings (SSSR count). The average Bonchev–Trinajstić information content (AvgIpc) is 2.27. The van der Waals surface area contributed by atoms with Crippen molar-refractivity contribution in [3.8, 4) is 0 Å². The summed E-state index contributed by atoms with van der Waals surface area (Å²) in [7, 11) is 1.89. The van der Waals surface area contributed by atoms with Gasteiger partial charge in [0.1, 0.15) is 0 Å². The molecule has 1 atom stereocenters. The molecule has 6 heteroatoms. The van der Waals surface area contributed by atoms with E-state index in [0.29, 0.717) is 18.2 Å². The molecule has 0 amide bonds. The molecule has 3 N–H and O–H groups in total. The van der Waals surface area contributed by atoms with Crippen LogP contribution in [-0.2, 0) is 0 Å². The number of nitrogens with one attached hydrogen (secondary N) is 3. The first kappa shape index (κ1) is 12.4. The summed E-state index contributed by atoms with van der Waals surface area (Å²) < 4.78 is 25.4. The lowest BCUT2D eigenvalue weighted by Gasteiger charge is -2.38. The van der Waals surface area contributed by atoms with E-state index in [-0.39, 0.29) is 18.9 Å². The monoisotopic (exact) mass is 244 g/mol. The molecular formula is C11H18F2N4. The molecule has 0 aromatic rings. The van der Waals surface area contributed by atoms with E-state index >= 15 is 0 Å². The van der Waals surface area contributed by atoms with Crippen molar-refractivity contribution in [2.75, 3.05) is 7.05 Å². The number of rotatable bonds is 4. The highest BCUT2D eigenvalue weighted by atomic mass is 19.3. The zero-order valence-electron chi connectivity index (χ0n) is 9.89. The number of hydrogen-bond donors (Lipinski definition) is 3. The SMILES string of the molecule is CNC1CCC(NC2CC(F)(F)C2)=C(N=N)C1. The normalized spacial score (nSPS) is 28.8. The molecule has 0 aliphatic heterocycles. The Bertz CT molecular complexity index is 332. The Morgan fingerprint density at radius 2 is 2.06 bits per heavy atom. The Hall–Kier alpha value is -1.04. The lowest BCUT2D eigenvalue weighted by Crippen LogP contribution is -2.48. The first-order valence-corrected chi connectivity index (χ1v) is 5.95. The zero-order chi connectivity index (χ0) is 12.5. The second kappa shape index (κ2) is 4.68. The molecule has 0 bridgehead atoms. The molecule has 0 saturated heterocycles. The van der Waals surface area contributed by atoms with E-state index in [9.17, 15) is 8.78 Å². The van der Waals surface area contributed by atoms with Crippen molar-refractivity contribution in [1.29, 1.82) is 5.53 Å². The molecule has 1 unspecified atom stereocenters. The molecule has 2 aliphatic carbocycles. The summed E-state index contributed by atoms with van der Waals surface area (Å²) in [6, 6.07) is 0.190. The van der Waals surface area contributed by atoms with Crippen LogP contribution in [0.3, 0.4) is 0 Å². The first-order valence-electron chi connectivity index (χ1n) is 5.95. The van der Waals surface area contributed by atoms with Crippen LogP contribution in [0.4, 0.5) is 8.78 Å². The van der Waals surface area contributed by atoms with E-state index in [4.69, 9.17) is 5.53 Å². The van der Waals surface area contributed by atoms with E-state index in [2.05, 4.69) is 15.7 Å². The standard InChI is InChI=1S/C11H18F2N4/c1-15-7-2-3-9(10(4-7)17-14)16-8-5-11(12,13)6-8/h7-8,14-16H,2-6H2,1H3. The minimum absolute atomic E-state index is 0.1000. The lowest BCUT2D eigenvalue weighted by atomic mass is 9.87. The number of allylic oxidation sites excluding steroid dienone is 1. The van der Waals surface area contributed by atoms with Crippen LogP contribution in [0, 0.1) is 5.53 Å². The van der Waals surface area contributed by atoms with Gasteiger partial charge >= 0.3 is 0 Å². The third kappa shape index (κ3) is 2.80. The fourth-order valence-corrected chi connectivity index (χ4v) is 2.45. The van der Waals surface area contributed by atoms with Gasteiger partial charge in [-0.25, -0.2) is 14.3 Å². The average molecular weight is 244 g/mol. The zero-order valence-corrected chi connectivity index (χ0v) is 9.89. The second-order valence-corrected chi connectivity index (χ2v) is 4.87. The van der Waals surface area contributed by atoms with Crippen LogP contribution in [0.2, 0.25) is 0 Å². The Labute approximate surface area is 99.4 Å². The molecule has 4 nitrogen and oxygen atoms in total. The number of nitrogens with zero attached hydrogens (tertiary/aromatic N) is 1. The Balaban J connectivity index is 1.95. The van der Waals surface area contributed by atoms with Gasteiger partial charge < -0.3 is 10.6 Å². The minimum atomic E-state index is -2.50. The van der Waals surface area contributed by atoms with Gasteiger partial charge in [0.15, 0.2) is 0 Å². The van der Waals surface area contributed by atoms with Gasteiger partial charge in [0, 0.05) is 37.0 Å². The van der Waals surface area contributed by atoms with Gasteiger partial charge in [-0.05, 0) is 19.9 Å². The van der Waals surface area contributed by atoms with Crippen molar-refractivity contribution in [2.45, 2.75) is 50.1 Å². The summed E-state index contributed by atoms with van der Waals surface area (Å²) >= 11 is 0. The number of hydrogen-bond acceptors (Lipinski definition) is 4. The van der Waals surface area contributed by atoms with E-state index in [1.165, 1.54) is 0 Å². The van der Waals surface area contributed by atoms with Gasteiger partial charge in [-0.3, -0.25) is 0 Å².